The number of nitrogens with zero attached hydrogens (tertiary/aromatic N) is 2. The summed E-state index contributed by atoms with van der Waals surface area (Å²) in [4.78, 5) is 28.1. The molecule has 176 valence electrons. The second kappa shape index (κ2) is 9.59. The average Bonchev–Trinajstić information content (AvgIpc) is 3.24. The van der Waals surface area contributed by atoms with Crippen molar-refractivity contribution in [3.63, 3.8) is 0 Å². The van der Waals surface area contributed by atoms with E-state index in [0.29, 0.717) is 18.0 Å². The Bertz CT molecular complexity index is 1480. The maximum absolute atomic E-state index is 13.6. The van der Waals surface area contributed by atoms with E-state index in [0.717, 1.165) is 17.1 Å². The monoisotopic (exact) mass is 543 g/mol. The number of rotatable bonds is 3. The van der Waals surface area contributed by atoms with Crippen molar-refractivity contribution >= 4 is 69.6 Å². The molecule has 0 aliphatic carbocycles. The number of anilines is 2. The number of carbonyl (C=O) groups excluding carboxylic acids is 2. The number of amides is 2. The summed E-state index contributed by atoms with van der Waals surface area (Å²) in [5.74, 6) is -0.763. The van der Waals surface area contributed by atoms with Gasteiger partial charge < -0.3 is 14.8 Å². The Hall–Kier alpha value is -2.96. The van der Waals surface area contributed by atoms with Crippen LogP contribution in [0.5, 0.6) is 0 Å². The topological polar surface area (TPSA) is 54.3 Å². The average molecular weight is 545 g/mol. The minimum Gasteiger partial charge on any atom is -0.321 e. The Kier molecular flexibility index (Phi) is 6.51. The number of hydrogen-bond donors (Lipinski definition) is 1. The molecule has 4 aromatic rings. The third-order valence-electron chi connectivity index (χ3n) is 5.81. The van der Waals surface area contributed by atoms with Gasteiger partial charge in [-0.2, -0.15) is 0 Å². The largest absolute Gasteiger partial charge is 0.321 e. The maximum Gasteiger partial charge on any atom is 0.259 e. The van der Waals surface area contributed by atoms with E-state index in [1.165, 1.54) is 24.3 Å². The predicted octanol–water partition coefficient (Wildman–Crippen LogP) is 7.55. The fraction of sp³-hybridized carbons (Fsp3) is 0.0769. The van der Waals surface area contributed by atoms with Crippen molar-refractivity contribution in [3.8, 4) is 5.69 Å². The molecule has 0 atom stereocenters. The molecule has 5 nitrogen and oxygen atoms in total. The Morgan fingerprint density at radius 1 is 0.771 bits per heavy atom. The standard InChI is InChI=1S/C26H17Cl4N3O2/c27-15-7-8-17(19(28)12-15)25(34)31-22-14-20(29)18(13-21(22)30)26(35)33-11-9-16-4-3-10-32(16)23-5-1-2-6-24(23)33/h1-8,10,12-14H,9,11H2,(H,31,34). The van der Waals surface area contributed by atoms with Gasteiger partial charge in [0.15, 0.2) is 0 Å². The zero-order valence-electron chi connectivity index (χ0n) is 18.1. The van der Waals surface area contributed by atoms with E-state index in [-0.39, 0.29) is 37.8 Å². The Morgan fingerprint density at radius 2 is 1.51 bits per heavy atom. The highest BCUT2D eigenvalue weighted by molar-refractivity contribution is 6.39. The van der Waals surface area contributed by atoms with Crippen LogP contribution in [-0.2, 0) is 6.42 Å². The van der Waals surface area contributed by atoms with Gasteiger partial charge in [0.1, 0.15) is 0 Å². The first-order chi connectivity index (χ1) is 16.8. The van der Waals surface area contributed by atoms with Crippen LogP contribution in [0.2, 0.25) is 20.1 Å². The SMILES string of the molecule is O=C(Nc1cc(Cl)c(C(=O)N2CCc3cccn3-c3ccccc32)cc1Cl)c1ccc(Cl)cc1Cl. The molecule has 0 radical (unpaired) electrons. The van der Waals surface area contributed by atoms with Crippen LogP contribution in [0.25, 0.3) is 5.69 Å². The van der Waals surface area contributed by atoms with Gasteiger partial charge in [0.2, 0.25) is 0 Å². The summed E-state index contributed by atoms with van der Waals surface area (Å²) in [7, 11) is 0. The van der Waals surface area contributed by atoms with E-state index in [1.807, 2.05) is 42.6 Å². The van der Waals surface area contributed by atoms with Gasteiger partial charge in [-0.3, -0.25) is 9.59 Å². The lowest BCUT2D eigenvalue weighted by Gasteiger charge is -2.24. The zero-order chi connectivity index (χ0) is 24.7. The number of para-hydroxylation sites is 2. The van der Waals surface area contributed by atoms with Crippen LogP contribution in [0.1, 0.15) is 26.4 Å². The minimum atomic E-state index is -0.480. The number of benzene rings is 3. The summed E-state index contributed by atoms with van der Waals surface area (Å²) >= 11 is 25.0. The molecule has 0 saturated carbocycles. The molecule has 35 heavy (non-hydrogen) atoms. The van der Waals surface area contributed by atoms with E-state index in [9.17, 15) is 9.59 Å². The fourth-order valence-corrected chi connectivity index (χ4v) is 5.07. The van der Waals surface area contributed by atoms with Gasteiger partial charge in [0.25, 0.3) is 11.8 Å². The first-order valence-electron chi connectivity index (χ1n) is 10.7. The second-order valence-electron chi connectivity index (χ2n) is 7.96. The van der Waals surface area contributed by atoms with Crippen molar-refractivity contribution in [3.05, 3.63) is 110 Å². The van der Waals surface area contributed by atoms with Crippen LogP contribution >= 0.6 is 46.4 Å². The third kappa shape index (κ3) is 4.53. The zero-order valence-corrected chi connectivity index (χ0v) is 21.1. The normalized spacial score (nSPS) is 12.5. The lowest BCUT2D eigenvalue weighted by molar-refractivity contribution is 0.0986. The summed E-state index contributed by atoms with van der Waals surface area (Å²) in [6.07, 6.45) is 2.66. The quantitative estimate of drug-likeness (QED) is 0.289. The Labute approximate surface area is 221 Å². The van der Waals surface area contributed by atoms with Gasteiger partial charge in [-0.25, -0.2) is 0 Å². The number of nitrogens with one attached hydrogen (secondary N) is 1. The van der Waals surface area contributed by atoms with E-state index in [2.05, 4.69) is 9.88 Å². The molecule has 0 unspecified atom stereocenters. The number of carbonyl (C=O) groups is 2. The van der Waals surface area contributed by atoms with Gasteiger partial charge in [0.05, 0.1) is 43.3 Å². The molecular weight excluding hydrogens is 528 g/mol. The highest BCUT2D eigenvalue weighted by Gasteiger charge is 2.27. The molecule has 3 aromatic carbocycles. The van der Waals surface area contributed by atoms with Gasteiger partial charge in [-0.15, -0.1) is 0 Å². The highest BCUT2D eigenvalue weighted by Crippen LogP contribution is 2.35. The maximum atomic E-state index is 13.6. The molecule has 2 amide bonds. The van der Waals surface area contributed by atoms with Crippen LogP contribution in [-0.4, -0.2) is 22.9 Å². The molecule has 1 aliphatic heterocycles. The Balaban J connectivity index is 1.45. The smallest absolute Gasteiger partial charge is 0.259 e. The first-order valence-corrected chi connectivity index (χ1v) is 12.2. The van der Waals surface area contributed by atoms with Crippen LogP contribution in [0, 0.1) is 0 Å². The van der Waals surface area contributed by atoms with Gasteiger partial charge in [-0.1, -0.05) is 58.5 Å². The molecule has 0 fully saturated rings. The number of hydrogen-bond acceptors (Lipinski definition) is 2. The molecule has 1 N–H and O–H groups in total. The van der Waals surface area contributed by atoms with Gasteiger partial charge >= 0.3 is 0 Å². The summed E-state index contributed by atoms with van der Waals surface area (Å²) in [5.41, 5.74) is 3.51. The summed E-state index contributed by atoms with van der Waals surface area (Å²) in [6.45, 7) is 0.474. The van der Waals surface area contributed by atoms with Crippen molar-refractivity contribution in [2.75, 3.05) is 16.8 Å². The molecule has 9 heteroatoms. The van der Waals surface area contributed by atoms with Gasteiger partial charge in [0, 0.05) is 29.9 Å². The third-order valence-corrected chi connectivity index (χ3v) is 6.99. The van der Waals surface area contributed by atoms with Crippen molar-refractivity contribution in [2.24, 2.45) is 0 Å². The van der Waals surface area contributed by atoms with Crippen LogP contribution < -0.4 is 10.2 Å². The first kappa shape index (κ1) is 23.8. The van der Waals surface area contributed by atoms with Crippen molar-refractivity contribution in [2.45, 2.75) is 6.42 Å². The van der Waals surface area contributed by atoms with Crippen LogP contribution in [0.4, 0.5) is 11.4 Å². The molecule has 5 rings (SSSR count). The molecule has 1 aromatic heterocycles. The molecule has 0 saturated heterocycles. The van der Waals surface area contributed by atoms with Crippen molar-refractivity contribution in [1.82, 2.24) is 4.57 Å². The number of halogens is 4. The fourth-order valence-electron chi connectivity index (χ4n) is 4.12. The van der Waals surface area contributed by atoms with Gasteiger partial charge in [-0.05, 0) is 54.6 Å². The summed E-state index contributed by atoms with van der Waals surface area (Å²) in [6, 6.07) is 19.2. The van der Waals surface area contributed by atoms with Crippen LogP contribution in [0.15, 0.2) is 72.9 Å². The van der Waals surface area contributed by atoms with E-state index in [1.54, 1.807) is 11.0 Å². The number of aromatic nitrogens is 1. The lowest BCUT2D eigenvalue weighted by atomic mass is 10.1. The highest BCUT2D eigenvalue weighted by atomic mass is 35.5. The molecular formula is C26H17Cl4N3O2. The molecule has 1 aliphatic rings. The van der Waals surface area contributed by atoms with E-state index < -0.39 is 5.91 Å². The predicted molar refractivity (Wildman–Crippen MR) is 142 cm³/mol. The molecule has 2 heterocycles. The van der Waals surface area contributed by atoms with Crippen molar-refractivity contribution in [1.29, 1.82) is 0 Å². The summed E-state index contributed by atoms with van der Waals surface area (Å²) < 4.78 is 2.08. The second-order valence-corrected chi connectivity index (χ2v) is 9.61. The lowest BCUT2D eigenvalue weighted by Crippen LogP contribution is -2.32. The molecule has 0 spiro atoms. The Morgan fingerprint density at radius 3 is 2.29 bits per heavy atom. The van der Waals surface area contributed by atoms with Crippen molar-refractivity contribution < 1.29 is 9.59 Å². The summed E-state index contributed by atoms with van der Waals surface area (Å²) in [5, 5.41) is 3.65. The van der Waals surface area contributed by atoms with E-state index in [4.69, 9.17) is 46.4 Å². The van der Waals surface area contributed by atoms with E-state index >= 15 is 0 Å². The minimum absolute atomic E-state index is 0.165. The molecule has 0 bridgehead atoms. The van der Waals surface area contributed by atoms with Crippen LogP contribution in [0.3, 0.4) is 0 Å². The number of fused-ring (bicyclic) bond motifs is 3.